The molecular weight excluding hydrogens is 296 g/mol. The van der Waals surface area contributed by atoms with Gasteiger partial charge < -0.3 is 5.73 Å². The van der Waals surface area contributed by atoms with Gasteiger partial charge in [0.05, 0.1) is 4.90 Å². The highest BCUT2D eigenvalue weighted by Crippen LogP contribution is 2.21. The molecule has 0 aliphatic heterocycles. The van der Waals surface area contributed by atoms with Crippen LogP contribution in [0.25, 0.3) is 0 Å². The third kappa shape index (κ3) is 4.74. The Labute approximate surface area is 128 Å². The van der Waals surface area contributed by atoms with E-state index >= 15 is 0 Å². The molecule has 2 N–H and O–H groups in total. The minimum Gasteiger partial charge on any atom is -0.330 e. The van der Waals surface area contributed by atoms with E-state index in [1.165, 1.54) is 4.31 Å². The minimum absolute atomic E-state index is 0. The van der Waals surface area contributed by atoms with Crippen LogP contribution in [0.2, 0.25) is 0 Å². The number of rotatable bonds is 6. The molecular formula is C14H25ClN2O2S. The Kier molecular flexibility index (Phi) is 7.18. The normalized spacial score (nSPS) is 12.3. The molecule has 0 heterocycles. The van der Waals surface area contributed by atoms with Crippen molar-refractivity contribution in [2.24, 2.45) is 11.1 Å². The third-order valence-corrected chi connectivity index (χ3v) is 5.02. The zero-order chi connectivity index (χ0) is 14.7. The topological polar surface area (TPSA) is 63.4 Å². The first-order chi connectivity index (χ1) is 8.73. The van der Waals surface area contributed by atoms with E-state index in [0.29, 0.717) is 18.0 Å². The Hall–Kier alpha value is -0.620. The van der Waals surface area contributed by atoms with Crippen molar-refractivity contribution in [1.29, 1.82) is 0 Å². The Balaban J connectivity index is 0.00000361. The molecule has 1 aromatic rings. The van der Waals surface area contributed by atoms with Gasteiger partial charge in [0.15, 0.2) is 0 Å². The van der Waals surface area contributed by atoms with Crippen molar-refractivity contribution in [3.05, 3.63) is 29.8 Å². The van der Waals surface area contributed by atoms with Crippen LogP contribution in [0.15, 0.2) is 29.2 Å². The van der Waals surface area contributed by atoms with E-state index in [1.807, 2.05) is 26.8 Å². The Morgan fingerprint density at radius 2 is 1.90 bits per heavy atom. The van der Waals surface area contributed by atoms with E-state index < -0.39 is 10.0 Å². The molecule has 0 aliphatic carbocycles. The highest BCUT2D eigenvalue weighted by molar-refractivity contribution is 7.89. The second kappa shape index (κ2) is 7.41. The van der Waals surface area contributed by atoms with Gasteiger partial charge in [0.25, 0.3) is 0 Å². The standard InChI is InChI=1S/C14H24N2O2S.ClH/c1-5-12-7-6-8-13(9-12)19(17,18)16(4)11-14(2,3)10-15;/h6-9H,5,10-11,15H2,1-4H3;1H. The number of nitrogens with zero attached hydrogens (tertiary/aromatic N) is 1. The molecule has 20 heavy (non-hydrogen) atoms. The molecule has 1 rings (SSSR count). The summed E-state index contributed by atoms with van der Waals surface area (Å²) in [5, 5.41) is 0. The smallest absolute Gasteiger partial charge is 0.242 e. The van der Waals surface area contributed by atoms with E-state index in [4.69, 9.17) is 5.73 Å². The van der Waals surface area contributed by atoms with Crippen molar-refractivity contribution >= 4 is 22.4 Å². The third-order valence-electron chi connectivity index (χ3n) is 3.22. The molecule has 0 aromatic heterocycles. The maximum atomic E-state index is 12.5. The van der Waals surface area contributed by atoms with Crippen LogP contribution in [0.5, 0.6) is 0 Å². The van der Waals surface area contributed by atoms with Crippen LogP contribution in [-0.4, -0.2) is 32.9 Å². The van der Waals surface area contributed by atoms with E-state index in [1.54, 1.807) is 25.2 Å². The lowest BCUT2D eigenvalue weighted by Gasteiger charge is -2.28. The fourth-order valence-corrected chi connectivity index (χ4v) is 3.29. The lowest BCUT2D eigenvalue weighted by molar-refractivity contribution is 0.292. The van der Waals surface area contributed by atoms with Crippen molar-refractivity contribution in [2.75, 3.05) is 20.1 Å². The zero-order valence-corrected chi connectivity index (χ0v) is 14.2. The largest absolute Gasteiger partial charge is 0.330 e. The van der Waals surface area contributed by atoms with Crippen LogP contribution in [0, 0.1) is 5.41 Å². The van der Waals surface area contributed by atoms with Gasteiger partial charge in [-0.3, -0.25) is 0 Å². The van der Waals surface area contributed by atoms with E-state index in [9.17, 15) is 8.42 Å². The van der Waals surface area contributed by atoms with Crippen LogP contribution < -0.4 is 5.73 Å². The van der Waals surface area contributed by atoms with Gasteiger partial charge in [-0.2, -0.15) is 0 Å². The molecule has 0 atom stereocenters. The van der Waals surface area contributed by atoms with Crippen molar-refractivity contribution in [2.45, 2.75) is 32.1 Å². The number of aryl methyl sites for hydroxylation is 1. The summed E-state index contributed by atoms with van der Waals surface area (Å²) in [6.45, 7) is 6.78. The number of sulfonamides is 1. The highest BCUT2D eigenvalue weighted by Gasteiger charge is 2.27. The van der Waals surface area contributed by atoms with Gasteiger partial charge in [-0.15, -0.1) is 12.4 Å². The summed E-state index contributed by atoms with van der Waals surface area (Å²) in [6.07, 6.45) is 0.821. The monoisotopic (exact) mass is 320 g/mol. The summed E-state index contributed by atoms with van der Waals surface area (Å²) in [6, 6.07) is 7.10. The molecule has 0 spiro atoms. The minimum atomic E-state index is -3.44. The highest BCUT2D eigenvalue weighted by atomic mass is 35.5. The van der Waals surface area contributed by atoms with Crippen molar-refractivity contribution in [1.82, 2.24) is 4.31 Å². The van der Waals surface area contributed by atoms with Crippen LogP contribution in [0.1, 0.15) is 26.3 Å². The quantitative estimate of drug-likeness (QED) is 0.874. The number of nitrogens with two attached hydrogens (primary N) is 1. The van der Waals surface area contributed by atoms with Gasteiger partial charge in [-0.1, -0.05) is 32.9 Å². The van der Waals surface area contributed by atoms with Gasteiger partial charge in [0, 0.05) is 13.6 Å². The molecule has 0 saturated heterocycles. The number of hydrogen-bond acceptors (Lipinski definition) is 3. The first-order valence-electron chi connectivity index (χ1n) is 6.48. The van der Waals surface area contributed by atoms with E-state index in [-0.39, 0.29) is 17.8 Å². The second-order valence-electron chi connectivity index (χ2n) is 5.63. The Morgan fingerprint density at radius 1 is 1.30 bits per heavy atom. The predicted octanol–water partition coefficient (Wildman–Crippen LogP) is 2.28. The fourth-order valence-electron chi connectivity index (χ4n) is 1.86. The SMILES string of the molecule is CCc1cccc(S(=O)(=O)N(C)CC(C)(C)CN)c1.Cl. The molecule has 0 bridgehead atoms. The molecule has 1 aromatic carbocycles. The lowest BCUT2D eigenvalue weighted by Crippen LogP contribution is -2.39. The maximum absolute atomic E-state index is 12.5. The molecule has 0 amide bonds. The van der Waals surface area contributed by atoms with E-state index in [2.05, 4.69) is 0 Å². The van der Waals surface area contributed by atoms with Gasteiger partial charge in [0.1, 0.15) is 0 Å². The summed E-state index contributed by atoms with van der Waals surface area (Å²) in [7, 11) is -1.83. The molecule has 0 fully saturated rings. The lowest BCUT2D eigenvalue weighted by atomic mass is 9.94. The van der Waals surface area contributed by atoms with Gasteiger partial charge in [0.2, 0.25) is 10.0 Å². The molecule has 0 saturated carbocycles. The predicted molar refractivity (Wildman–Crippen MR) is 85.7 cm³/mol. The Bertz CT molecular complexity index is 530. The van der Waals surface area contributed by atoms with E-state index in [0.717, 1.165) is 12.0 Å². The summed E-state index contributed by atoms with van der Waals surface area (Å²) in [5.41, 5.74) is 6.45. The van der Waals surface area contributed by atoms with Crippen molar-refractivity contribution in [3.63, 3.8) is 0 Å². The fraction of sp³-hybridized carbons (Fsp3) is 0.571. The molecule has 6 heteroatoms. The molecule has 4 nitrogen and oxygen atoms in total. The summed E-state index contributed by atoms with van der Waals surface area (Å²) in [4.78, 5) is 0.349. The number of halogens is 1. The number of hydrogen-bond donors (Lipinski definition) is 1. The summed E-state index contributed by atoms with van der Waals surface area (Å²) >= 11 is 0. The van der Waals surface area contributed by atoms with Crippen LogP contribution in [0.3, 0.4) is 0 Å². The van der Waals surface area contributed by atoms with Gasteiger partial charge in [-0.25, -0.2) is 12.7 Å². The van der Waals surface area contributed by atoms with Crippen LogP contribution in [0.4, 0.5) is 0 Å². The van der Waals surface area contributed by atoms with Gasteiger partial charge >= 0.3 is 0 Å². The van der Waals surface area contributed by atoms with Crippen molar-refractivity contribution in [3.8, 4) is 0 Å². The first-order valence-corrected chi connectivity index (χ1v) is 7.92. The molecule has 0 unspecified atom stereocenters. The molecule has 116 valence electrons. The average molecular weight is 321 g/mol. The Morgan fingerprint density at radius 3 is 2.40 bits per heavy atom. The van der Waals surface area contributed by atoms with Crippen molar-refractivity contribution < 1.29 is 8.42 Å². The summed E-state index contributed by atoms with van der Waals surface area (Å²) < 4.78 is 26.3. The maximum Gasteiger partial charge on any atom is 0.242 e. The summed E-state index contributed by atoms with van der Waals surface area (Å²) in [5.74, 6) is 0. The number of benzene rings is 1. The van der Waals surface area contributed by atoms with Crippen LogP contribution in [-0.2, 0) is 16.4 Å². The average Bonchev–Trinajstić information content (AvgIpc) is 2.38. The zero-order valence-electron chi connectivity index (χ0n) is 12.6. The second-order valence-corrected chi connectivity index (χ2v) is 7.68. The van der Waals surface area contributed by atoms with Crippen LogP contribution >= 0.6 is 12.4 Å². The van der Waals surface area contributed by atoms with Gasteiger partial charge in [-0.05, 0) is 36.1 Å². The molecule has 0 aliphatic rings. The first kappa shape index (κ1) is 19.4. The molecule has 0 radical (unpaired) electrons.